The van der Waals surface area contributed by atoms with Crippen molar-refractivity contribution in [2.24, 2.45) is 5.73 Å². The summed E-state index contributed by atoms with van der Waals surface area (Å²) in [6, 6.07) is 10.8. The molecular formula is C13H15NO2S2. The third-order valence-electron chi connectivity index (χ3n) is 2.90. The smallest absolute Gasteiger partial charge is 0.195 e. The van der Waals surface area contributed by atoms with Crippen LogP contribution in [0.25, 0.3) is 0 Å². The van der Waals surface area contributed by atoms with Gasteiger partial charge >= 0.3 is 0 Å². The average Bonchev–Trinajstić information content (AvgIpc) is 2.86. The highest BCUT2D eigenvalue weighted by Crippen LogP contribution is 2.32. The van der Waals surface area contributed by atoms with Gasteiger partial charge in [-0.15, -0.1) is 11.3 Å². The lowest BCUT2D eigenvalue weighted by molar-refractivity contribution is 0.584. The summed E-state index contributed by atoms with van der Waals surface area (Å²) in [6.07, 6.45) is 0. The zero-order valence-corrected chi connectivity index (χ0v) is 11.7. The van der Waals surface area contributed by atoms with Crippen LogP contribution >= 0.6 is 11.3 Å². The van der Waals surface area contributed by atoms with Gasteiger partial charge in [0.25, 0.3) is 0 Å². The van der Waals surface area contributed by atoms with Gasteiger partial charge in [0.2, 0.25) is 0 Å². The number of hydrogen-bond donors (Lipinski definition) is 1. The van der Waals surface area contributed by atoms with E-state index >= 15 is 0 Å². The molecule has 3 nitrogen and oxygen atoms in total. The first kappa shape index (κ1) is 13.3. The highest BCUT2D eigenvalue weighted by Gasteiger charge is 2.29. The van der Waals surface area contributed by atoms with Crippen LogP contribution < -0.4 is 5.73 Å². The van der Waals surface area contributed by atoms with E-state index in [4.69, 9.17) is 5.73 Å². The molecule has 1 heterocycles. The van der Waals surface area contributed by atoms with Crippen molar-refractivity contribution in [2.45, 2.75) is 16.4 Å². The second kappa shape index (κ2) is 5.22. The van der Waals surface area contributed by atoms with E-state index in [1.54, 1.807) is 17.5 Å². The fraction of sp³-hybridized carbons (Fsp3) is 0.231. The Labute approximate surface area is 111 Å². The van der Waals surface area contributed by atoms with E-state index in [2.05, 4.69) is 0 Å². The molecule has 0 saturated carbocycles. The normalized spacial score (nSPS) is 13.4. The molecule has 18 heavy (non-hydrogen) atoms. The molecule has 0 saturated heterocycles. The van der Waals surface area contributed by atoms with Crippen LogP contribution in [0.2, 0.25) is 0 Å². The Morgan fingerprint density at radius 3 is 2.50 bits per heavy atom. The highest BCUT2D eigenvalue weighted by atomic mass is 32.2. The third kappa shape index (κ3) is 2.34. The maximum Gasteiger partial charge on any atom is 0.195 e. The Morgan fingerprint density at radius 1 is 1.22 bits per heavy atom. The summed E-state index contributed by atoms with van der Waals surface area (Å²) >= 11 is 1.23. The molecule has 1 atom stereocenters. The molecule has 0 spiro atoms. The van der Waals surface area contributed by atoms with E-state index in [1.165, 1.54) is 11.3 Å². The maximum absolute atomic E-state index is 12.5. The molecule has 96 valence electrons. The number of thiophene rings is 1. The van der Waals surface area contributed by atoms with Crippen LogP contribution in [0, 0.1) is 6.92 Å². The number of hydrogen-bond acceptors (Lipinski definition) is 4. The number of benzene rings is 1. The number of nitrogens with two attached hydrogens (primary N) is 1. The summed E-state index contributed by atoms with van der Waals surface area (Å²) in [5.41, 5.74) is 7.43. The lowest BCUT2D eigenvalue weighted by atomic mass is 10.1. The number of aryl methyl sites for hydroxylation is 1. The average molecular weight is 281 g/mol. The van der Waals surface area contributed by atoms with Crippen molar-refractivity contribution in [3.05, 3.63) is 52.9 Å². The zero-order chi connectivity index (χ0) is 13.2. The minimum absolute atomic E-state index is 0.0884. The standard InChI is InChI=1S/C13H15NO2S2/c1-10-5-2-3-6-11(10)12(9-14)18(15,16)13-7-4-8-17-13/h2-8,12H,9,14H2,1H3/t12-/m1/s1. The van der Waals surface area contributed by atoms with Gasteiger partial charge in [-0.1, -0.05) is 30.3 Å². The lowest BCUT2D eigenvalue weighted by Gasteiger charge is -2.17. The Morgan fingerprint density at radius 2 is 1.94 bits per heavy atom. The summed E-state index contributed by atoms with van der Waals surface area (Å²) < 4.78 is 25.4. The van der Waals surface area contributed by atoms with Crippen LogP contribution in [0.1, 0.15) is 16.4 Å². The predicted molar refractivity (Wildman–Crippen MR) is 74.5 cm³/mol. The molecule has 0 amide bonds. The fourth-order valence-electron chi connectivity index (χ4n) is 1.93. The largest absolute Gasteiger partial charge is 0.329 e. The molecule has 0 bridgehead atoms. The molecule has 0 aliphatic carbocycles. The quantitative estimate of drug-likeness (QED) is 0.936. The van der Waals surface area contributed by atoms with E-state index in [9.17, 15) is 8.42 Å². The second-order valence-electron chi connectivity index (χ2n) is 4.06. The van der Waals surface area contributed by atoms with Crippen molar-refractivity contribution in [2.75, 3.05) is 6.54 Å². The van der Waals surface area contributed by atoms with Crippen LogP contribution in [0.5, 0.6) is 0 Å². The summed E-state index contributed by atoms with van der Waals surface area (Å²) in [5, 5.41) is 1.09. The molecule has 2 aromatic rings. The van der Waals surface area contributed by atoms with Crippen LogP contribution in [0.3, 0.4) is 0 Å². The van der Waals surface area contributed by atoms with Crippen LogP contribution in [0.4, 0.5) is 0 Å². The molecule has 1 aromatic carbocycles. The molecule has 5 heteroatoms. The lowest BCUT2D eigenvalue weighted by Crippen LogP contribution is -2.22. The van der Waals surface area contributed by atoms with Gasteiger partial charge in [0.1, 0.15) is 9.46 Å². The van der Waals surface area contributed by atoms with Crippen molar-refractivity contribution in [3.8, 4) is 0 Å². The monoisotopic (exact) mass is 281 g/mol. The Hall–Kier alpha value is -1.17. The first-order valence-electron chi connectivity index (χ1n) is 5.60. The van der Waals surface area contributed by atoms with Crippen molar-refractivity contribution >= 4 is 21.2 Å². The highest BCUT2D eigenvalue weighted by molar-refractivity contribution is 7.93. The molecule has 0 aliphatic heterocycles. The molecule has 0 fully saturated rings. The van der Waals surface area contributed by atoms with Crippen LogP contribution in [-0.4, -0.2) is 15.0 Å². The maximum atomic E-state index is 12.5. The van der Waals surface area contributed by atoms with Gasteiger partial charge in [-0.25, -0.2) is 8.42 Å². The summed E-state index contributed by atoms with van der Waals surface area (Å²) in [5.74, 6) is 0. The molecule has 2 rings (SSSR count). The molecule has 0 radical (unpaired) electrons. The molecule has 0 aliphatic rings. The summed E-state index contributed by atoms with van der Waals surface area (Å²) in [4.78, 5) is 0. The van der Waals surface area contributed by atoms with E-state index in [0.717, 1.165) is 11.1 Å². The van der Waals surface area contributed by atoms with Gasteiger partial charge in [-0.05, 0) is 29.5 Å². The van der Waals surface area contributed by atoms with Crippen molar-refractivity contribution < 1.29 is 8.42 Å². The summed E-state index contributed by atoms with van der Waals surface area (Å²) in [6.45, 7) is 1.99. The first-order chi connectivity index (χ1) is 8.57. The third-order valence-corrected chi connectivity index (χ3v) is 6.44. The Bertz CT molecular complexity index is 618. The van der Waals surface area contributed by atoms with Crippen molar-refractivity contribution in [1.82, 2.24) is 0 Å². The Balaban J connectivity index is 2.51. The van der Waals surface area contributed by atoms with Gasteiger partial charge < -0.3 is 5.73 Å². The second-order valence-corrected chi connectivity index (χ2v) is 7.36. The minimum Gasteiger partial charge on any atom is -0.329 e. The molecule has 1 aromatic heterocycles. The predicted octanol–water partition coefficient (Wildman–Crippen LogP) is 2.53. The SMILES string of the molecule is Cc1ccccc1[C@@H](CN)S(=O)(=O)c1cccs1. The fourth-order valence-corrected chi connectivity index (χ4v) is 4.84. The number of sulfone groups is 1. The summed E-state index contributed by atoms with van der Waals surface area (Å²) in [7, 11) is -3.39. The molecular weight excluding hydrogens is 266 g/mol. The van der Waals surface area contributed by atoms with Crippen LogP contribution in [0.15, 0.2) is 46.0 Å². The van der Waals surface area contributed by atoms with Gasteiger partial charge in [0.05, 0.1) is 0 Å². The number of rotatable bonds is 4. The van der Waals surface area contributed by atoms with E-state index in [0.29, 0.717) is 4.21 Å². The molecule has 2 N–H and O–H groups in total. The van der Waals surface area contributed by atoms with E-state index < -0.39 is 15.1 Å². The topological polar surface area (TPSA) is 60.2 Å². The first-order valence-corrected chi connectivity index (χ1v) is 8.03. The Kier molecular flexibility index (Phi) is 3.85. The zero-order valence-electron chi connectivity index (χ0n) is 10.0. The van der Waals surface area contributed by atoms with Crippen LogP contribution in [-0.2, 0) is 9.84 Å². The van der Waals surface area contributed by atoms with Gasteiger partial charge in [0, 0.05) is 6.54 Å². The molecule has 0 unspecified atom stereocenters. The van der Waals surface area contributed by atoms with Crippen molar-refractivity contribution in [3.63, 3.8) is 0 Å². The van der Waals surface area contributed by atoms with E-state index in [-0.39, 0.29) is 6.54 Å². The van der Waals surface area contributed by atoms with E-state index in [1.807, 2.05) is 31.2 Å². The van der Waals surface area contributed by atoms with Gasteiger partial charge in [-0.3, -0.25) is 0 Å². The van der Waals surface area contributed by atoms with Gasteiger partial charge in [0.15, 0.2) is 9.84 Å². The van der Waals surface area contributed by atoms with Gasteiger partial charge in [-0.2, -0.15) is 0 Å². The minimum atomic E-state index is -3.39. The van der Waals surface area contributed by atoms with Crippen molar-refractivity contribution in [1.29, 1.82) is 0 Å².